The molecule has 0 aromatic carbocycles. The molecular formula is C7H11NO4. The van der Waals surface area contributed by atoms with Crippen molar-refractivity contribution >= 4 is 11.9 Å². The third-order valence-electron chi connectivity index (χ3n) is 2.23. The van der Waals surface area contributed by atoms with E-state index in [1.165, 1.54) is 0 Å². The molecule has 0 aromatic heterocycles. The number of carboxylic acids is 1. The molecule has 1 amide bonds. The molecule has 0 saturated carbocycles. The van der Waals surface area contributed by atoms with Crippen molar-refractivity contribution in [1.29, 1.82) is 0 Å². The number of hydrogen-bond donors (Lipinski definition) is 2. The first kappa shape index (κ1) is 8.99. The molecule has 0 radical (unpaired) electrons. The van der Waals surface area contributed by atoms with Gasteiger partial charge in [0.05, 0.1) is 0 Å². The molecule has 5 heteroatoms. The van der Waals surface area contributed by atoms with Crippen LogP contribution in [0.25, 0.3) is 0 Å². The van der Waals surface area contributed by atoms with Crippen LogP contribution >= 0.6 is 0 Å². The number of carboxylic acid groups (broad SMARTS) is 1. The standard InChI is InChI=1S/C7H11NO4/c8-5(9)7(6(10)11)1-3-12-4-2-7/h1-4H2,(H2,8,9)(H,10,11). The van der Waals surface area contributed by atoms with Crippen molar-refractivity contribution in [1.82, 2.24) is 0 Å². The maximum Gasteiger partial charge on any atom is 0.319 e. The number of carbonyl (C=O) groups excluding carboxylic acids is 1. The van der Waals surface area contributed by atoms with Crippen LogP contribution in [0.1, 0.15) is 12.8 Å². The zero-order valence-corrected chi connectivity index (χ0v) is 6.58. The molecular weight excluding hydrogens is 162 g/mol. The van der Waals surface area contributed by atoms with Gasteiger partial charge in [-0.3, -0.25) is 9.59 Å². The lowest BCUT2D eigenvalue weighted by molar-refractivity contribution is -0.160. The summed E-state index contributed by atoms with van der Waals surface area (Å²) in [4.78, 5) is 21.7. The summed E-state index contributed by atoms with van der Waals surface area (Å²) >= 11 is 0. The van der Waals surface area contributed by atoms with E-state index in [4.69, 9.17) is 15.6 Å². The number of carbonyl (C=O) groups is 2. The highest BCUT2D eigenvalue weighted by Crippen LogP contribution is 2.30. The molecule has 0 atom stereocenters. The topological polar surface area (TPSA) is 89.6 Å². The highest BCUT2D eigenvalue weighted by molar-refractivity contribution is 6.01. The van der Waals surface area contributed by atoms with Gasteiger partial charge in [0.1, 0.15) is 0 Å². The number of hydrogen-bond acceptors (Lipinski definition) is 3. The fourth-order valence-corrected chi connectivity index (χ4v) is 1.29. The Bertz CT molecular complexity index is 191. The molecule has 68 valence electrons. The maximum atomic E-state index is 10.9. The Morgan fingerprint density at radius 1 is 1.33 bits per heavy atom. The van der Waals surface area contributed by atoms with Gasteiger partial charge in [-0.1, -0.05) is 0 Å². The van der Waals surface area contributed by atoms with Gasteiger partial charge in [-0.2, -0.15) is 0 Å². The van der Waals surface area contributed by atoms with Gasteiger partial charge in [0.2, 0.25) is 5.91 Å². The lowest BCUT2D eigenvalue weighted by Crippen LogP contribution is -2.47. The number of rotatable bonds is 2. The molecule has 1 aliphatic rings. The fourth-order valence-electron chi connectivity index (χ4n) is 1.29. The van der Waals surface area contributed by atoms with Crippen molar-refractivity contribution in [3.8, 4) is 0 Å². The third-order valence-corrected chi connectivity index (χ3v) is 2.23. The molecule has 1 aliphatic heterocycles. The predicted molar refractivity (Wildman–Crippen MR) is 39.3 cm³/mol. The van der Waals surface area contributed by atoms with Gasteiger partial charge in [-0.25, -0.2) is 0 Å². The second-order valence-electron chi connectivity index (χ2n) is 2.86. The molecule has 0 unspecified atom stereocenters. The first-order valence-electron chi connectivity index (χ1n) is 3.70. The largest absolute Gasteiger partial charge is 0.480 e. The van der Waals surface area contributed by atoms with E-state index in [1.807, 2.05) is 0 Å². The van der Waals surface area contributed by atoms with Crippen LogP contribution in [0.2, 0.25) is 0 Å². The Labute approximate surface area is 69.5 Å². The summed E-state index contributed by atoms with van der Waals surface area (Å²) in [7, 11) is 0. The lowest BCUT2D eigenvalue weighted by atomic mass is 9.80. The maximum absolute atomic E-state index is 10.9. The lowest BCUT2D eigenvalue weighted by Gasteiger charge is -2.29. The summed E-state index contributed by atoms with van der Waals surface area (Å²) in [6.07, 6.45) is 0.356. The van der Waals surface area contributed by atoms with Crippen molar-refractivity contribution < 1.29 is 19.4 Å². The van der Waals surface area contributed by atoms with Crippen LogP contribution in [0.4, 0.5) is 0 Å². The van der Waals surface area contributed by atoms with Crippen LogP contribution in [0.15, 0.2) is 0 Å². The Kier molecular flexibility index (Phi) is 2.32. The predicted octanol–water partition coefficient (Wildman–Crippen LogP) is -0.647. The molecule has 1 rings (SSSR count). The molecule has 0 spiro atoms. The quantitative estimate of drug-likeness (QED) is 0.543. The van der Waals surface area contributed by atoms with Crippen molar-refractivity contribution in [2.45, 2.75) is 12.8 Å². The van der Waals surface area contributed by atoms with Crippen LogP contribution in [0, 0.1) is 5.41 Å². The van der Waals surface area contributed by atoms with E-state index < -0.39 is 17.3 Å². The molecule has 3 N–H and O–H groups in total. The Morgan fingerprint density at radius 2 is 1.83 bits per heavy atom. The zero-order chi connectivity index (χ0) is 9.19. The Balaban J connectivity index is 2.84. The van der Waals surface area contributed by atoms with E-state index in [9.17, 15) is 9.59 Å². The summed E-state index contributed by atoms with van der Waals surface area (Å²) in [5, 5.41) is 8.80. The second-order valence-corrected chi connectivity index (χ2v) is 2.86. The molecule has 0 aliphatic carbocycles. The Morgan fingerprint density at radius 3 is 2.08 bits per heavy atom. The average molecular weight is 173 g/mol. The number of nitrogens with two attached hydrogens (primary N) is 1. The number of aliphatic carboxylic acids is 1. The molecule has 1 fully saturated rings. The normalized spacial score (nSPS) is 21.7. The van der Waals surface area contributed by atoms with Crippen LogP contribution < -0.4 is 5.73 Å². The summed E-state index contributed by atoms with van der Waals surface area (Å²) in [6.45, 7) is 0.574. The molecule has 1 saturated heterocycles. The van der Waals surface area contributed by atoms with Gasteiger partial charge >= 0.3 is 5.97 Å². The van der Waals surface area contributed by atoms with Crippen molar-refractivity contribution in [2.24, 2.45) is 11.1 Å². The summed E-state index contributed by atoms with van der Waals surface area (Å²) < 4.78 is 4.95. The van der Waals surface area contributed by atoms with Gasteiger partial charge in [0, 0.05) is 13.2 Å². The first-order chi connectivity index (χ1) is 5.59. The number of amides is 1. The summed E-state index contributed by atoms with van der Waals surface area (Å²) in [5.74, 6) is -1.91. The van der Waals surface area contributed by atoms with Crippen LogP contribution in [-0.2, 0) is 14.3 Å². The van der Waals surface area contributed by atoms with Crippen molar-refractivity contribution in [2.75, 3.05) is 13.2 Å². The van der Waals surface area contributed by atoms with Crippen LogP contribution in [0.5, 0.6) is 0 Å². The van der Waals surface area contributed by atoms with E-state index in [0.29, 0.717) is 0 Å². The van der Waals surface area contributed by atoms with E-state index in [2.05, 4.69) is 0 Å². The molecule has 0 bridgehead atoms. The minimum atomic E-state index is -1.39. The zero-order valence-electron chi connectivity index (χ0n) is 6.58. The minimum absolute atomic E-state index is 0.178. The molecule has 1 heterocycles. The number of primary amides is 1. The average Bonchev–Trinajstić information content (AvgIpc) is 2.05. The van der Waals surface area contributed by atoms with Gasteiger partial charge < -0.3 is 15.6 Å². The molecule has 5 nitrogen and oxygen atoms in total. The van der Waals surface area contributed by atoms with Crippen LogP contribution in [0.3, 0.4) is 0 Å². The Hall–Kier alpha value is -1.10. The highest BCUT2D eigenvalue weighted by atomic mass is 16.5. The molecule has 0 aromatic rings. The van der Waals surface area contributed by atoms with Gasteiger partial charge in [0.25, 0.3) is 0 Å². The summed E-state index contributed by atoms with van der Waals surface area (Å²) in [6, 6.07) is 0. The minimum Gasteiger partial charge on any atom is -0.480 e. The van der Waals surface area contributed by atoms with Gasteiger partial charge in [-0.05, 0) is 12.8 Å². The van der Waals surface area contributed by atoms with E-state index in [0.717, 1.165) is 0 Å². The molecule has 12 heavy (non-hydrogen) atoms. The second kappa shape index (κ2) is 3.10. The monoisotopic (exact) mass is 173 g/mol. The SMILES string of the molecule is NC(=O)C1(C(=O)O)CCOCC1. The van der Waals surface area contributed by atoms with Crippen LogP contribution in [-0.4, -0.2) is 30.2 Å². The van der Waals surface area contributed by atoms with Gasteiger partial charge in [-0.15, -0.1) is 0 Å². The van der Waals surface area contributed by atoms with Gasteiger partial charge in [0.15, 0.2) is 5.41 Å². The first-order valence-corrected chi connectivity index (χ1v) is 3.70. The fraction of sp³-hybridized carbons (Fsp3) is 0.714. The van der Waals surface area contributed by atoms with Crippen molar-refractivity contribution in [3.63, 3.8) is 0 Å². The third kappa shape index (κ3) is 1.27. The summed E-state index contributed by atoms with van der Waals surface area (Å²) in [5.41, 5.74) is 3.64. The van der Waals surface area contributed by atoms with E-state index in [1.54, 1.807) is 0 Å². The highest BCUT2D eigenvalue weighted by Gasteiger charge is 2.45. The van der Waals surface area contributed by atoms with Crippen molar-refractivity contribution in [3.05, 3.63) is 0 Å². The van der Waals surface area contributed by atoms with E-state index >= 15 is 0 Å². The van der Waals surface area contributed by atoms with E-state index in [-0.39, 0.29) is 26.1 Å². The number of ether oxygens (including phenoxy) is 1. The smallest absolute Gasteiger partial charge is 0.319 e.